The van der Waals surface area contributed by atoms with Crippen LogP contribution in [0, 0.1) is 0 Å². The number of benzene rings is 1. The predicted molar refractivity (Wildman–Crippen MR) is 64.5 cm³/mol. The number of carbonyl (C=O) groups is 2. The van der Waals surface area contributed by atoms with Gasteiger partial charge in [0.25, 0.3) is 0 Å². The fourth-order valence-electron chi connectivity index (χ4n) is 1.97. The van der Waals surface area contributed by atoms with Crippen LogP contribution in [0.15, 0.2) is 24.3 Å². The van der Waals surface area contributed by atoms with Gasteiger partial charge < -0.3 is 10.2 Å². The highest BCUT2D eigenvalue weighted by Crippen LogP contribution is 2.29. The Bertz CT molecular complexity index is 529. The van der Waals surface area contributed by atoms with E-state index in [1.165, 1.54) is 17.0 Å². The molecule has 1 aromatic rings. The Morgan fingerprint density at radius 3 is 2.70 bits per heavy atom. The normalized spacial score (nSPS) is 16.9. The van der Waals surface area contributed by atoms with Gasteiger partial charge in [0.05, 0.1) is 12.1 Å². The van der Waals surface area contributed by atoms with E-state index in [1.54, 1.807) is 0 Å². The number of amides is 2. The molecule has 2 rings (SSSR count). The molecule has 0 aromatic heterocycles. The molecular formula is C13H13F3N2O2. The second-order valence-electron chi connectivity index (χ2n) is 4.54. The molecule has 2 amide bonds. The SMILES string of the molecule is O=C1CCN(Cc2cccc(C(F)(F)F)c2)C(=O)CN1. The van der Waals surface area contributed by atoms with Crippen LogP contribution in [0.5, 0.6) is 0 Å². The number of halogens is 3. The number of rotatable bonds is 2. The lowest BCUT2D eigenvalue weighted by molar-refractivity contribution is -0.137. The summed E-state index contributed by atoms with van der Waals surface area (Å²) in [5.41, 5.74) is -0.353. The number of nitrogens with one attached hydrogen (secondary N) is 1. The van der Waals surface area contributed by atoms with Crippen LogP contribution in [-0.4, -0.2) is 29.8 Å². The van der Waals surface area contributed by atoms with Crippen molar-refractivity contribution in [2.75, 3.05) is 13.1 Å². The molecule has 1 aliphatic heterocycles. The first-order chi connectivity index (χ1) is 9.36. The second-order valence-corrected chi connectivity index (χ2v) is 4.54. The van der Waals surface area contributed by atoms with Crippen molar-refractivity contribution in [1.82, 2.24) is 10.2 Å². The number of carbonyl (C=O) groups excluding carboxylic acids is 2. The van der Waals surface area contributed by atoms with Crippen molar-refractivity contribution in [1.29, 1.82) is 0 Å². The van der Waals surface area contributed by atoms with Crippen molar-refractivity contribution < 1.29 is 22.8 Å². The molecule has 1 aromatic carbocycles. The molecule has 1 saturated heterocycles. The van der Waals surface area contributed by atoms with Gasteiger partial charge in [0.15, 0.2) is 0 Å². The Hall–Kier alpha value is -2.05. The Morgan fingerprint density at radius 2 is 2.00 bits per heavy atom. The molecule has 4 nitrogen and oxygen atoms in total. The maximum Gasteiger partial charge on any atom is 0.416 e. The predicted octanol–water partition coefficient (Wildman–Crippen LogP) is 1.55. The van der Waals surface area contributed by atoms with E-state index in [4.69, 9.17) is 0 Å². The summed E-state index contributed by atoms with van der Waals surface area (Å²) in [6.07, 6.45) is -4.25. The Balaban J connectivity index is 2.13. The third-order valence-electron chi connectivity index (χ3n) is 3.03. The maximum absolute atomic E-state index is 12.6. The van der Waals surface area contributed by atoms with E-state index < -0.39 is 11.7 Å². The maximum atomic E-state index is 12.6. The lowest BCUT2D eigenvalue weighted by Gasteiger charge is -2.20. The molecule has 0 atom stereocenters. The van der Waals surface area contributed by atoms with Crippen LogP contribution in [-0.2, 0) is 22.3 Å². The third-order valence-corrected chi connectivity index (χ3v) is 3.03. The second kappa shape index (κ2) is 5.52. The minimum Gasteiger partial charge on any atom is -0.347 e. The van der Waals surface area contributed by atoms with Gasteiger partial charge in [-0.2, -0.15) is 13.2 Å². The van der Waals surface area contributed by atoms with Crippen LogP contribution in [0.3, 0.4) is 0 Å². The summed E-state index contributed by atoms with van der Waals surface area (Å²) >= 11 is 0. The molecule has 1 N–H and O–H groups in total. The van der Waals surface area contributed by atoms with Crippen molar-refractivity contribution in [3.8, 4) is 0 Å². The molecule has 0 radical (unpaired) electrons. The van der Waals surface area contributed by atoms with Gasteiger partial charge in [0, 0.05) is 19.5 Å². The molecule has 0 bridgehead atoms. The Labute approximate surface area is 113 Å². The van der Waals surface area contributed by atoms with Crippen molar-refractivity contribution in [3.05, 3.63) is 35.4 Å². The lowest BCUT2D eigenvalue weighted by atomic mass is 10.1. The van der Waals surface area contributed by atoms with E-state index >= 15 is 0 Å². The average Bonchev–Trinajstić information content (AvgIpc) is 2.54. The van der Waals surface area contributed by atoms with Crippen molar-refractivity contribution in [3.63, 3.8) is 0 Å². The summed E-state index contributed by atoms with van der Waals surface area (Å²) in [6, 6.07) is 4.85. The van der Waals surface area contributed by atoms with Crippen LogP contribution < -0.4 is 5.32 Å². The fraction of sp³-hybridized carbons (Fsp3) is 0.385. The van der Waals surface area contributed by atoms with Crippen LogP contribution in [0.25, 0.3) is 0 Å². The minimum atomic E-state index is -4.41. The molecule has 0 aliphatic carbocycles. The van der Waals surface area contributed by atoms with Crippen LogP contribution >= 0.6 is 0 Å². The topological polar surface area (TPSA) is 49.4 Å². The number of alkyl halides is 3. The molecule has 108 valence electrons. The van der Waals surface area contributed by atoms with E-state index in [1.807, 2.05) is 0 Å². The monoisotopic (exact) mass is 286 g/mol. The first kappa shape index (κ1) is 14.4. The summed E-state index contributed by atoms with van der Waals surface area (Å²) in [5, 5.41) is 2.44. The van der Waals surface area contributed by atoms with Crippen molar-refractivity contribution in [2.24, 2.45) is 0 Å². The third kappa shape index (κ3) is 3.49. The molecule has 0 spiro atoms. The van der Waals surface area contributed by atoms with Crippen LogP contribution in [0.4, 0.5) is 13.2 Å². The van der Waals surface area contributed by atoms with Gasteiger partial charge in [-0.05, 0) is 17.7 Å². The molecule has 0 unspecified atom stereocenters. The van der Waals surface area contributed by atoms with Crippen molar-refractivity contribution >= 4 is 11.8 Å². The first-order valence-corrected chi connectivity index (χ1v) is 6.07. The zero-order valence-electron chi connectivity index (χ0n) is 10.5. The quantitative estimate of drug-likeness (QED) is 0.897. The summed E-state index contributed by atoms with van der Waals surface area (Å²) in [5.74, 6) is -0.529. The van der Waals surface area contributed by atoms with Gasteiger partial charge in [-0.1, -0.05) is 12.1 Å². The van der Waals surface area contributed by atoms with Gasteiger partial charge in [-0.25, -0.2) is 0 Å². The zero-order valence-corrected chi connectivity index (χ0v) is 10.5. The van der Waals surface area contributed by atoms with Gasteiger partial charge in [-0.15, -0.1) is 0 Å². The standard InChI is InChI=1S/C13H13F3N2O2/c14-13(15,16)10-3-1-2-9(6-10)8-18-5-4-11(19)17-7-12(18)20/h1-3,6H,4-5,7-8H2,(H,17,19). The van der Waals surface area contributed by atoms with Gasteiger partial charge in [-0.3, -0.25) is 9.59 Å². The van der Waals surface area contributed by atoms with E-state index in [-0.39, 0.29) is 37.9 Å². The molecule has 0 saturated carbocycles. The van der Waals surface area contributed by atoms with Gasteiger partial charge >= 0.3 is 6.18 Å². The van der Waals surface area contributed by atoms with E-state index in [9.17, 15) is 22.8 Å². The van der Waals surface area contributed by atoms with E-state index in [0.717, 1.165) is 12.1 Å². The first-order valence-electron chi connectivity index (χ1n) is 6.07. The fourth-order valence-corrected chi connectivity index (χ4v) is 1.97. The molecular weight excluding hydrogens is 273 g/mol. The molecule has 20 heavy (non-hydrogen) atoms. The van der Waals surface area contributed by atoms with E-state index in [0.29, 0.717) is 5.56 Å². The van der Waals surface area contributed by atoms with Crippen LogP contribution in [0.1, 0.15) is 17.5 Å². The van der Waals surface area contributed by atoms with Crippen LogP contribution in [0.2, 0.25) is 0 Å². The molecule has 1 fully saturated rings. The largest absolute Gasteiger partial charge is 0.416 e. The zero-order chi connectivity index (χ0) is 14.8. The Kier molecular flexibility index (Phi) is 3.96. The smallest absolute Gasteiger partial charge is 0.347 e. The van der Waals surface area contributed by atoms with Gasteiger partial charge in [0.1, 0.15) is 0 Å². The number of nitrogens with zero attached hydrogens (tertiary/aromatic N) is 1. The Morgan fingerprint density at radius 1 is 1.25 bits per heavy atom. The average molecular weight is 286 g/mol. The van der Waals surface area contributed by atoms with E-state index in [2.05, 4.69) is 5.32 Å². The summed E-state index contributed by atoms with van der Waals surface area (Å²) in [6.45, 7) is 0.163. The van der Waals surface area contributed by atoms with Crippen molar-refractivity contribution in [2.45, 2.75) is 19.1 Å². The highest BCUT2D eigenvalue weighted by atomic mass is 19.4. The molecule has 1 aliphatic rings. The number of hydrogen-bond acceptors (Lipinski definition) is 2. The highest BCUT2D eigenvalue weighted by molar-refractivity contribution is 5.87. The lowest BCUT2D eigenvalue weighted by Crippen LogP contribution is -2.34. The summed E-state index contributed by atoms with van der Waals surface area (Å²) < 4.78 is 37.8. The molecule has 7 heteroatoms. The molecule has 1 heterocycles. The minimum absolute atomic E-state index is 0.0672. The van der Waals surface area contributed by atoms with Gasteiger partial charge in [0.2, 0.25) is 11.8 Å². The number of hydrogen-bond donors (Lipinski definition) is 1. The highest BCUT2D eigenvalue weighted by Gasteiger charge is 2.30. The summed E-state index contributed by atoms with van der Waals surface area (Å²) in [4.78, 5) is 24.3. The summed E-state index contributed by atoms with van der Waals surface area (Å²) in [7, 11) is 0.